The predicted molar refractivity (Wildman–Crippen MR) is 72.6 cm³/mol. The summed E-state index contributed by atoms with van der Waals surface area (Å²) in [5, 5.41) is 0.380. The molecule has 2 unspecified atom stereocenters. The van der Waals surface area contributed by atoms with Crippen molar-refractivity contribution in [1.82, 2.24) is 4.98 Å². The zero-order chi connectivity index (χ0) is 11.8. The van der Waals surface area contributed by atoms with Crippen LogP contribution in [-0.4, -0.2) is 16.8 Å². The predicted octanol–water partition coefficient (Wildman–Crippen LogP) is 3.39. The highest BCUT2D eigenvalue weighted by molar-refractivity contribution is 7.99. The highest BCUT2D eigenvalue weighted by atomic mass is 32.2. The molecule has 0 spiro atoms. The molecular weight excluding hydrogens is 216 g/mol. The maximum atomic E-state index is 6.03. The zero-order valence-electron chi connectivity index (χ0n) is 10.2. The van der Waals surface area contributed by atoms with Crippen LogP contribution in [0.25, 0.3) is 0 Å². The number of unbranched alkanes of at least 4 members (excludes halogenated alkanes) is 2. The first-order valence-electron chi connectivity index (χ1n) is 6.02. The van der Waals surface area contributed by atoms with Crippen LogP contribution in [0.15, 0.2) is 24.5 Å². The van der Waals surface area contributed by atoms with Gasteiger partial charge in [-0.1, -0.05) is 25.8 Å². The lowest BCUT2D eigenvalue weighted by Gasteiger charge is -2.20. The van der Waals surface area contributed by atoms with Crippen LogP contribution in [0.2, 0.25) is 0 Å². The molecular formula is C13H22N2S. The molecule has 0 fully saturated rings. The summed E-state index contributed by atoms with van der Waals surface area (Å²) in [6.45, 7) is 4.30. The first-order valence-corrected chi connectivity index (χ1v) is 7.07. The first kappa shape index (κ1) is 13.5. The number of hydrogen-bond acceptors (Lipinski definition) is 3. The third kappa shape index (κ3) is 4.54. The Kier molecular flexibility index (Phi) is 6.50. The highest BCUT2D eigenvalue weighted by Gasteiger charge is 2.16. The van der Waals surface area contributed by atoms with Gasteiger partial charge in [0.15, 0.2) is 0 Å². The molecule has 0 amide bonds. The van der Waals surface area contributed by atoms with Crippen molar-refractivity contribution in [3.8, 4) is 0 Å². The van der Waals surface area contributed by atoms with Gasteiger partial charge in [-0.05, 0) is 30.7 Å². The Bertz CT molecular complexity index is 275. The monoisotopic (exact) mass is 238 g/mol. The molecule has 16 heavy (non-hydrogen) atoms. The van der Waals surface area contributed by atoms with Crippen molar-refractivity contribution in [3.63, 3.8) is 0 Å². The van der Waals surface area contributed by atoms with Gasteiger partial charge in [-0.25, -0.2) is 0 Å². The smallest absolute Gasteiger partial charge is 0.0460 e. The van der Waals surface area contributed by atoms with Crippen molar-refractivity contribution in [2.75, 3.05) is 5.75 Å². The second-order valence-electron chi connectivity index (χ2n) is 4.14. The van der Waals surface area contributed by atoms with Crippen LogP contribution in [0, 0.1) is 0 Å². The number of aromatic nitrogens is 1. The van der Waals surface area contributed by atoms with Gasteiger partial charge in [-0.3, -0.25) is 4.98 Å². The summed E-state index contributed by atoms with van der Waals surface area (Å²) in [7, 11) is 0. The number of nitrogens with zero attached hydrogens (tertiary/aromatic N) is 1. The summed E-state index contributed by atoms with van der Waals surface area (Å²) >= 11 is 1.96. The third-order valence-corrected chi connectivity index (χ3v) is 4.12. The van der Waals surface area contributed by atoms with Crippen molar-refractivity contribution in [3.05, 3.63) is 30.1 Å². The van der Waals surface area contributed by atoms with Gasteiger partial charge in [-0.15, -0.1) is 0 Å². The fraction of sp³-hybridized carbons (Fsp3) is 0.615. The number of pyridine rings is 1. The lowest BCUT2D eigenvalue weighted by atomic mass is 10.1. The molecule has 2 nitrogen and oxygen atoms in total. The molecule has 3 heteroatoms. The molecule has 1 aromatic heterocycles. The minimum atomic E-state index is 0.177. The van der Waals surface area contributed by atoms with Gasteiger partial charge < -0.3 is 5.73 Å². The number of hydrogen-bond donors (Lipinski definition) is 1. The lowest BCUT2D eigenvalue weighted by Crippen LogP contribution is -2.23. The third-order valence-electron chi connectivity index (χ3n) is 2.54. The maximum Gasteiger partial charge on any atom is 0.0460 e. The van der Waals surface area contributed by atoms with Gasteiger partial charge in [0.1, 0.15) is 0 Å². The Morgan fingerprint density at radius 3 is 2.81 bits per heavy atom. The first-order chi connectivity index (χ1) is 7.75. The van der Waals surface area contributed by atoms with Crippen LogP contribution in [-0.2, 0) is 0 Å². The van der Waals surface area contributed by atoms with Crippen molar-refractivity contribution >= 4 is 11.8 Å². The van der Waals surface area contributed by atoms with Crippen molar-refractivity contribution in [2.24, 2.45) is 5.73 Å². The summed E-state index contributed by atoms with van der Waals surface area (Å²) in [4.78, 5) is 4.16. The topological polar surface area (TPSA) is 38.9 Å². The molecule has 2 atom stereocenters. The lowest BCUT2D eigenvalue weighted by molar-refractivity contribution is 0.714. The Hall–Kier alpha value is -0.540. The van der Waals surface area contributed by atoms with Crippen LogP contribution < -0.4 is 5.73 Å². The molecule has 0 radical (unpaired) electrons. The van der Waals surface area contributed by atoms with Crippen molar-refractivity contribution < 1.29 is 0 Å². The van der Waals surface area contributed by atoms with E-state index in [1.54, 1.807) is 0 Å². The second-order valence-corrected chi connectivity index (χ2v) is 5.39. The van der Waals surface area contributed by atoms with Gasteiger partial charge in [0.05, 0.1) is 0 Å². The van der Waals surface area contributed by atoms with Gasteiger partial charge in [-0.2, -0.15) is 11.8 Å². The van der Waals surface area contributed by atoms with Crippen molar-refractivity contribution in [1.29, 1.82) is 0 Å². The van der Waals surface area contributed by atoms with Crippen molar-refractivity contribution in [2.45, 2.75) is 44.4 Å². The number of nitrogens with two attached hydrogens (primary N) is 1. The summed E-state index contributed by atoms with van der Waals surface area (Å²) in [5.41, 5.74) is 7.28. The van der Waals surface area contributed by atoms with Crippen LogP contribution in [0.1, 0.15) is 43.9 Å². The molecule has 1 heterocycles. The van der Waals surface area contributed by atoms with Gasteiger partial charge in [0.2, 0.25) is 0 Å². The molecule has 0 aromatic carbocycles. The minimum Gasteiger partial charge on any atom is -0.327 e. The molecule has 0 aliphatic heterocycles. The minimum absolute atomic E-state index is 0.177. The maximum absolute atomic E-state index is 6.03. The van der Waals surface area contributed by atoms with E-state index in [1.807, 2.05) is 30.2 Å². The highest BCUT2D eigenvalue weighted by Crippen LogP contribution is 2.31. The Morgan fingerprint density at radius 2 is 2.25 bits per heavy atom. The molecule has 1 rings (SSSR count). The van der Waals surface area contributed by atoms with Crippen LogP contribution in [0.3, 0.4) is 0 Å². The average Bonchev–Trinajstić information content (AvgIpc) is 2.30. The van der Waals surface area contributed by atoms with E-state index in [2.05, 4.69) is 24.9 Å². The van der Waals surface area contributed by atoms with E-state index >= 15 is 0 Å². The van der Waals surface area contributed by atoms with E-state index < -0.39 is 0 Å². The molecule has 0 aliphatic carbocycles. The quantitative estimate of drug-likeness (QED) is 0.740. The van der Waals surface area contributed by atoms with Crippen LogP contribution in [0.4, 0.5) is 0 Å². The fourth-order valence-corrected chi connectivity index (χ4v) is 2.92. The molecule has 90 valence electrons. The Labute approximate surface area is 103 Å². The van der Waals surface area contributed by atoms with E-state index in [-0.39, 0.29) is 6.04 Å². The molecule has 2 N–H and O–H groups in total. The van der Waals surface area contributed by atoms with Gasteiger partial charge >= 0.3 is 0 Å². The summed E-state index contributed by atoms with van der Waals surface area (Å²) in [6.07, 6.45) is 7.61. The average molecular weight is 238 g/mol. The van der Waals surface area contributed by atoms with Gasteiger partial charge in [0.25, 0.3) is 0 Å². The number of thioether (sulfide) groups is 1. The van der Waals surface area contributed by atoms with E-state index in [1.165, 1.54) is 30.6 Å². The molecule has 0 bridgehead atoms. The second kappa shape index (κ2) is 7.69. The van der Waals surface area contributed by atoms with E-state index in [4.69, 9.17) is 5.73 Å². The molecule has 0 saturated heterocycles. The summed E-state index contributed by atoms with van der Waals surface area (Å²) in [5.74, 6) is 1.19. The largest absolute Gasteiger partial charge is 0.327 e. The summed E-state index contributed by atoms with van der Waals surface area (Å²) in [6, 6.07) is 4.28. The Balaban J connectivity index is 2.49. The summed E-state index contributed by atoms with van der Waals surface area (Å²) < 4.78 is 0. The number of rotatable bonds is 7. The fourth-order valence-electron chi connectivity index (χ4n) is 1.66. The molecule has 0 aliphatic rings. The Morgan fingerprint density at radius 1 is 1.44 bits per heavy atom. The van der Waals surface area contributed by atoms with E-state index in [9.17, 15) is 0 Å². The van der Waals surface area contributed by atoms with Crippen LogP contribution in [0.5, 0.6) is 0 Å². The molecule has 1 aromatic rings. The van der Waals surface area contributed by atoms with E-state index in [0.717, 1.165) is 0 Å². The standard InChI is InChI=1S/C13H22N2S/c1-3-4-5-9-16-13(11(2)14)12-7-6-8-15-10-12/h6-8,10-11,13H,3-5,9,14H2,1-2H3. The SMILES string of the molecule is CCCCCSC(c1cccnc1)C(C)N. The zero-order valence-corrected chi connectivity index (χ0v) is 11.0. The normalized spacial score (nSPS) is 14.7. The van der Waals surface area contributed by atoms with E-state index in [0.29, 0.717) is 5.25 Å². The van der Waals surface area contributed by atoms with Gasteiger partial charge in [0, 0.05) is 23.7 Å². The van der Waals surface area contributed by atoms with Crippen LogP contribution >= 0.6 is 11.8 Å². The molecule has 0 saturated carbocycles.